The molecule has 3 N–H and O–H groups in total. The van der Waals surface area contributed by atoms with Crippen LogP contribution in [0.4, 0.5) is 5.69 Å². The number of hydrogen-bond acceptors (Lipinski definition) is 5. The van der Waals surface area contributed by atoms with Gasteiger partial charge in [-0.25, -0.2) is 8.42 Å². The zero-order valence-corrected chi connectivity index (χ0v) is 17.1. The van der Waals surface area contributed by atoms with Crippen molar-refractivity contribution < 1.29 is 8.42 Å². The molecule has 0 spiro atoms. The molecule has 0 saturated heterocycles. The number of aryl methyl sites for hydroxylation is 1. The van der Waals surface area contributed by atoms with Crippen LogP contribution in [0.15, 0.2) is 69.3 Å². The Morgan fingerprint density at radius 3 is 2.20 bits per heavy atom. The molecule has 0 amide bonds. The molecule has 2 heterocycles. The number of fused-ring (bicyclic) bond motifs is 1. The minimum atomic E-state index is -4.06. The van der Waals surface area contributed by atoms with Crippen LogP contribution in [-0.4, -0.2) is 23.4 Å². The Bertz CT molecular complexity index is 1500. The van der Waals surface area contributed by atoms with Crippen molar-refractivity contribution in [1.82, 2.24) is 15.0 Å². The first-order chi connectivity index (χ1) is 14.2. The van der Waals surface area contributed by atoms with Crippen LogP contribution in [0.2, 0.25) is 5.02 Å². The standard InChI is InChI=1S/C20H15ClN4O4S/c1-11-8-13(2-3-14(11)12-4-6-22-7-5-12)25-30(28,29)18-10-17-16(9-15(18)21)23-19(26)20(27)24-17/h2-10,25H,1H3,(H,23,26)(H,24,27). The Hall–Kier alpha value is -3.43. The number of aromatic amines is 2. The van der Waals surface area contributed by atoms with E-state index in [9.17, 15) is 18.0 Å². The molecule has 152 valence electrons. The fourth-order valence-electron chi connectivity index (χ4n) is 3.12. The number of rotatable bonds is 4. The highest BCUT2D eigenvalue weighted by Crippen LogP contribution is 2.29. The highest BCUT2D eigenvalue weighted by Gasteiger charge is 2.20. The van der Waals surface area contributed by atoms with Crippen LogP contribution >= 0.6 is 11.6 Å². The van der Waals surface area contributed by atoms with Gasteiger partial charge in [-0.3, -0.25) is 19.3 Å². The van der Waals surface area contributed by atoms with E-state index in [1.54, 1.807) is 24.5 Å². The Morgan fingerprint density at radius 2 is 1.57 bits per heavy atom. The Balaban J connectivity index is 1.72. The lowest BCUT2D eigenvalue weighted by atomic mass is 10.0. The molecule has 0 unspecified atom stereocenters. The number of aromatic nitrogens is 3. The van der Waals surface area contributed by atoms with Crippen molar-refractivity contribution >= 4 is 38.3 Å². The lowest BCUT2D eigenvalue weighted by Gasteiger charge is -2.13. The molecule has 2 aromatic carbocycles. The van der Waals surface area contributed by atoms with Gasteiger partial charge in [-0.05, 0) is 60.0 Å². The molecule has 8 nitrogen and oxygen atoms in total. The zero-order chi connectivity index (χ0) is 21.5. The quantitative estimate of drug-likeness (QED) is 0.419. The van der Waals surface area contributed by atoms with Gasteiger partial charge in [0.15, 0.2) is 0 Å². The summed E-state index contributed by atoms with van der Waals surface area (Å²) in [5.74, 6) is 0. The molecule has 30 heavy (non-hydrogen) atoms. The molecule has 0 aliphatic carbocycles. The molecule has 0 aliphatic heterocycles. The summed E-state index contributed by atoms with van der Waals surface area (Å²) in [4.78, 5) is 31.5. The average molecular weight is 443 g/mol. The van der Waals surface area contributed by atoms with Crippen molar-refractivity contribution in [2.24, 2.45) is 0 Å². The third kappa shape index (κ3) is 3.72. The number of benzene rings is 2. The number of anilines is 1. The summed E-state index contributed by atoms with van der Waals surface area (Å²) < 4.78 is 28.3. The molecule has 2 aromatic heterocycles. The summed E-state index contributed by atoms with van der Waals surface area (Å²) >= 11 is 6.14. The molecule has 10 heteroatoms. The maximum atomic E-state index is 12.9. The summed E-state index contributed by atoms with van der Waals surface area (Å²) in [6.45, 7) is 1.87. The van der Waals surface area contributed by atoms with E-state index in [2.05, 4.69) is 19.7 Å². The second kappa shape index (κ2) is 7.43. The van der Waals surface area contributed by atoms with Crippen LogP contribution in [0, 0.1) is 6.92 Å². The highest BCUT2D eigenvalue weighted by molar-refractivity contribution is 7.92. The maximum absolute atomic E-state index is 12.9. The number of sulfonamides is 1. The van der Waals surface area contributed by atoms with Crippen LogP contribution in [0.25, 0.3) is 22.2 Å². The van der Waals surface area contributed by atoms with Gasteiger partial charge in [0.25, 0.3) is 10.0 Å². The van der Waals surface area contributed by atoms with E-state index >= 15 is 0 Å². The van der Waals surface area contributed by atoms with Crippen LogP contribution in [-0.2, 0) is 10.0 Å². The smallest absolute Gasteiger partial charge is 0.314 e. The molecule has 0 bridgehead atoms. The first-order valence-corrected chi connectivity index (χ1v) is 10.6. The zero-order valence-electron chi connectivity index (χ0n) is 15.6. The first kappa shape index (κ1) is 19.9. The topological polar surface area (TPSA) is 125 Å². The number of nitrogens with zero attached hydrogens (tertiary/aromatic N) is 1. The Labute approximate surface area is 175 Å². The normalized spacial score (nSPS) is 11.5. The van der Waals surface area contributed by atoms with Gasteiger partial charge in [0.05, 0.1) is 16.1 Å². The Morgan fingerprint density at radius 1 is 0.933 bits per heavy atom. The van der Waals surface area contributed by atoms with Crippen LogP contribution < -0.4 is 15.8 Å². The minimum absolute atomic E-state index is 0.0946. The van der Waals surface area contributed by atoms with Crippen LogP contribution in [0.3, 0.4) is 0 Å². The largest absolute Gasteiger partial charge is 0.316 e. The van der Waals surface area contributed by atoms with E-state index in [4.69, 9.17) is 11.6 Å². The van der Waals surface area contributed by atoms with Crippen LogP contribution in [0.5, 0.6) is 0 Å². The van der Waals surface area contributed by atoms with Gasteiger partial charge in [-0.1, -0.05) is 17.7 Å². The molecule has 0 aliphatic rings. The van der Waals surface area contributed by atoms with E-state index in [0.29, 0.717) is 5.69 Å². The molecular formula is C20H15ClN4O4S. The fourth-order valence-corrected chi connectivity index (χ4v) is 4.72. The number of halogens is 1. The second-order valence-corrected chi connectivity index (χ2v) is 8.67. The van der Waals surface area contributed by atoms with E-state index in [1.807, 2.05) is 25.1 Å². The van der Waals surface area contributed by atoms with E-state index < -0.39 is 21.1 Å². The molecule has 0 fully saturated rings. The SMILES string of the molecule is Cc1cc(NS(=O)(=O)c2cc3[nH]c(=O)c(=O)[nH]c3cc2Cl)ccc1-c1ccncc1. The van der Waals surface area contributed by atoms with Gasteiger partial charge in [0.2, 0.25) is 0 Å². The van der Waals surface area contributed by atoms with Gasteiger partial charge < -0.3 is 9.97 Å². The second-order valence-electron chi connectivity index (χ2n) is 6.61. The van der Waals surface area contributed by atoms with Gasteiger partial charge in [0, 0.05) is 18.1 Å². The Kier molecular flexibility index (Phi) is 4.92. The van der Waals surface area contributed by atoms with Crippen molar-refractivity contribution in [3.8, 4) is 11.1 Å². The molecule has 0 radical (unpaired) electrons. The number of pyridine rings is 1. The summed E-state index contributed by atoms with van der Waals surface area (Å²) in [5, 5.41) is -0.0946. The fraction of sp³-hybridized carbons (Fsp3) is 0.0500. The first-order valence-electron chi connectivity index (χ1n) is 8.74. The number of hydrogen-bond donors (Lipinski definition) is 3. The summed E-state index contributed by atoms with van der Waals surface area (Å²) in [5.41, 5.74) is 1.78. The average Bonchev–Trinajstić information content (AvgIpc) is 2.69. The minimum Gasteiger partial charge on any atom is -0.316 e. The molecule has 4 rings (SSSR count). The van der Waals surface area contributed by atoms with E-state index in [-0.39, 0.29) is 21.0 Å². The van der Waals surface area contributed by atoms with Gasteiger partial charge in [-0.15, -0.1) is 0 Å². The van der Waals surface area contributed by atoms with Crippen molar-refractivity contribution in [3.05, 3.63) is 86.2 Å². The van der Waals surface area contributed by atoms with Gasteiger partial charge >= 0.3 is 11.1 Å². The van der Waals surface area contributed by atoms with Gasteiger partial charge in [0.1, 0.15) is 4.90 Å². The van der Waals surface area contributed by atoms with E-state index in [1.165, 1.54) is 12.1 Å². The summed E-state index contributed by atoms with van der Waals surface area (Å²) in [6, 6.07) is 11.4. The number of nitrogens with one attached hydrogen (secondary N) is 3. The molecule has 0 saturated carbocycles. The van der Waals surface area contributed by atoms with E-state index in [0.717, 1.165) is 16.7 Å². The lowest BCUT2D eigenvalue weighted by Crippen LogP contribution is -2.29. The van der Waals surface area contributed by atoms with Crippen molar-refractivity contribution in [1.29, 1.82) is 0 Å². The monoisotopic (exact) mass is 442 g/mol. The third-order valence-electron chi connectivity index (χ3n) is 4.53. The summed E-state index contributed by atoms with van der Waals surface area (Å²) in [6.07, 6.45) is 3.37. The van der Waals surface area contributed by atoms with Gasteiger partial charge in [-0.2, -0.15) is 0 Å². The van der Waals surface area contributed by atoms with Crippen LogP contribution in [0.1, 0.15) is 5.56 Å². The molecule has 4 aromatic rings. The van der Waals surface area contributed by atoms with Crippen molar-refractivity contribution in [3.63, 3.8) is 0 Å². The molecule has 0 atom stereocenters. The third-order valence-corrected chi connectivity index (χ3v) is 6.38. The lowest BCUT2D eigenvalue weighted by molar-refractivity contribution is 0.601. The van der Waals surface area contributed by atoms with Crippen molar-refractivity contribution in [2.75, 3.05) is 4.72 Å². The number of H-pyrrole nitrogens is 2. The van der Waals surface area contributed by atoms with Crippen molar-refractivity contribution in [2.45, 2.75) is 11.8 Å². The maximum Gasteiger partial charge on any atom is 0.314 e. The highest BCUT2D eigenvalue weighted by atomic mass is 35.5. The predicted molar refractivity (Wildman–Crippen MR) is 115 cm³/mol. The predicted octanol–water partition coefficient (Wildman–Crippen LogP) is 3.04. The summed E-state index contributed by atoms with van der Waals surface area (Å²) in [7, 11) is -4.06. The molecular weight excluding hydrogens is 428 g/mol.